The van der Waals surface area contributed by atoms with Gasteiger partial charge in [0.25, 0.3) is 0 Å². The van der Waals surface area contributed by atoms with Crippen LogP contribution in [0.25, 0.3) is 0 Å². The van der Waals surface area contributed by atoms with Gasteiger partial charge < -0.3 is 10.1 Å². The Hall–Kier alpha value is -0.610. The molecule has 0 aromatic heterocycles. The Balaban J connectivity index is 3.83. The summed E-state index contributed by atoms with van der Waals surface area (Å²) in [5.74, 6) is 0.954. The van der Waals surface area contributed by atoms with Crippen molar-refractivity contribution in [2.45, 2.75) is 72.8 Å². The second kappa shape index (κ2) is 13.1. The largest absolute Gasteiger partial charge is 0.366 e. The summed E-state index contributed by atoms with van der Waals surface area (Å²) < 4.78 is 5.56. The van der Waals surface area contributed by atoms with Gasteiger partial charge in [0.2, 0.25) is 5.91 Å². The monoisotopic (exact) mass is 300 g/mol. The summed E-state index contributed by atoms with van der Waals surface area (Å²) in [6, 6.07) is -0.173. The molecule has 0 saturated heterocycles. The Kier molecular flexibility index (Phi) is 12.7. The predicted molar refractivity (Wildman–Crippen MR) is 89.2 cm³/mol. The van der Waals surface area contributed by atoms with E-state index >= 15 is 0 Å². The minimum absolute atomic E-state index is 0.0835. The van der Waals surface area contributed by atoms with Gasteiger partial charge >= 0.3 is 0 Å². The van der Waals surface area contributed by atoms with Gasteiger partial charge in [0.15, 0.2) is 0 Å². The second-order valence-electron chi connectivity index (χ2n) is 6.51. The van der Waals surface area contributed by atoms with Crippen molar-refractivity contribution in [1.29, 1.82) is 0 Å². The molecule has 0 aliphatic carbocycles. The van der Waals surface area contributed by atoms with Crippen molar-refractivity contribution in [1.82, 2.24) is 10.6 Å². The van der Waals surface area contributed by atoms with E-state index in [-0.39, 0.29) is 17.9 Å². The van der Waals surface area contributed by atoms with E-state index < -0.39 is 0 Å². The molecule has 4 nitrogen and oxygen atoms in total. The van der Waals surface area contributed by atoms with Crippen LogP contribution >= 0.6 is 0 Å². The first kappa shape index (κ1) is 20.4. The summed E-state index contributed by atoms with van der Waals surface area (Å²) in [5, 5.41) is 6.22. The molecule has 1 unspecified atom stereocenters. The molecule has 21 heavy (non-hydrogen) atoms. The number of hydrogen-bond donors (Lipinski definition) is 2. The number of carbonyl (C=O) groups is 1. The summed E-state index contributed by atoms with van der Waals surface area (Å²) in [5.41, 5.74) is 0. The molecule has 0 fully saturated rings. The summed E-state index contributed by atoms with van der Waals surface area (Å²) in [6.45, 7) is 12.6. The van der Waals surface area contributed by atoms with E-state index in [0.717, 1.165) is 26.0 Å². The van der Waals surface area contributed by atoms with Gasteiger partial charge in [0.05, 0.1) is 12.8 Å². The Morgan fingerprint density at radius 2 is 1.81 bits per heavy atom. The van der Waals surface area contributed by atoms with Gasteiger partial charge in [-0.2, -0.15) is 0 Å². The van der Waals surface area contributed by atoms with E-state index in [1.54, 1.807) is 0 Å². The number of ether oxygens (including phenoxy) is 1. The van der Waals surface area contributed by atoms with E-state index in [2.05, 4.69) is 45.3 Å². The van der Waals surface area contributed by atoms with Crippen LogP contribution < -0.4 is 10.6 Å². The van der Waals surface area contributed by atoms with Gasteiger partial charge in [-0.15, -0.1) is 0 Å². The SMILES string of the molecule is CCCCCCOCNC(C(=O)NCCC(C)C)C(C)C. The van der Waals surface area contributed by atoms with Crippen molar-refractivity contribution in [3.63, 3.8) is 0 Å². The molecule has 0 aromatic carbocycles. The van der Waals surface area contributed by atoms with Gasteiger partial charge in [-0.3, -0.25) is 10.1 Å². The lowest BCUT2D eigenvalue weighted by molar-refractivity contribution is -0.124. The van der Waals surface area contributed by atoms with Crippen LogP contribution in [-0.4, -0.2) is 31.8 Å². The zero-order valence-corrected chi connectivity index (χ0v) is 14.7. The third-order valence-electron chi connectivity index (χ3n) is 3.52. The molecule has 0 spiro atoms. The summed E-state index contributed by atoms with van der Waals surface area (Å²) in [7, 11) is 0. The number of nitrogens with one attached hydrogen (secondary N) is 2. The van der Waals surface area contributed by atoms with E-state index in [0.29, 0.717) is 12.6 Å². The average Bonchev–Trinajstić information content (AvgIpc) is 2.40. The van der Waals surface area contributed by atoms with Crippen molar-refractivity contribution in [2.24, 2.45) is 11.8 Å². The minimum Gasteiger partial charge on any atom is -0.366 e. The topological polar surface area (TPSA) is 50.4 Å². The van der Waals surface area contributed by atoms with Crippen LogP contribution in [0.3, 0.4) is 0 Å². The molecule has 0 rings (SSSR count). The highest BCUT2D eigenvalue weighted by Crippen LogP contribution is 2.03. The molecule has 0 radical (unpaired) electrons. The zero-order chi connectivity index (χ0) is 16.1. The molecule has 0 saturated carbocycles. The molecule has 0 aliphatic heterocycles. The molecule has 0 aromatic rings. The number of carbonyl (C=O) groups excluding carboxylic acids is 1. The maximum Gasteiger partial charge on any atom is 0.237 e. The van der Waals surface area contributed by atoms with E-state index in [1.807, 2.05) is 0 Å². The molecular formula is C17H36N2O2. The first-order valence-corrected chi connectivity index (χ1v) is 8.57. The zero-order valence-electron chi connectivity index (χ0n) is 14.7. The van der Waals surface area contributed by atoms with Gasteiger partial charge in [0, 0.05) is 13.2 Å². The van der Waals surface area contributed by atoms with Crippen LogP contribution in [0.15, 0.2) is 0 Å². The highest BCUT2D eigenvalue weighted by atomic mass is 16.5. The molecule has 0 bridgehead atoms. The lowest BCUT2D eigenvalue weighted by Crippen LogP contribution is -2.48. The molecule has 1 atom stereocenters. The number of amides is 1. The minimum atomic E-state index is -0.173. The van der Waals surface area contributed by atoms with Gasteiger partial charge in [-0.25, -0.2) is 0 Å². The lowest BCUT2D eigenvalue weighted by Gasteiger charge is -2.22. The first-order valence-electron chi connectivity index (χ1n) is 8.57. The van der Waals surface area contributed by atoms with Crippen molar-refractivity contribution in [3.05, 3.63) is 0 Å². The lowest BCUT2D eigenvalue weighted by atomic mass is 10.0. The molecule has 0 heterocycles. The molecule has 1 amide bonds. The quantitative estimate of drug-likeness (QED) is 0.405. The van der Waals surface area contributed by atoms with Crippen molar-refractivity contribution in [2.75, 3.05) is 19.9 Å². The number of unbranched alkanes of at least 4 members (excludes halogenated alkanes) is 3. The van der Waals surface area contributed by atoms with Crippen LogP contribution in [0.1, 0.15) is 66.7 Å². The number of hydrogen-bond acceptors (Lipinski definition) is 3. The van der Waals surface area contributed by atoms with Crippen LogP contribution in [-0.2, 0) is 9.53 Å². The Bertz CT molecular complexity index is 255. The normalized spacial score (nSPS) is 12.9. The Morgan fingerprint density at radius 1 is 1.10 bits per heavy atom. The van der Waals surface area contributed by atoms with Crippen LogP contribution in [0, 0.1) is 11.8 Å². The highest BCUT2D eigenvalue weighted by Gasteiger charge is 2.20. The predicted octanol–water partition coefficient (Wildman–Crippen LogP) is 3.32. The van der Waals surface area contributed by atoms with Crippen molar-refractivity contribution in [3.8, 4) is 0 Å². The van der Waals surface area contributed by atoms with Gasteiger partial charge in [0.1, 0.15) is 0 Å². The Morgan fingerprint density at radius 3 is 2.38 bits per heavy atom. The molecular weight excluding hydrogens is 264 g/mol. The molecule has 0 aliphatic rings. The highest BCUT2D eigenvalue weighted by molar-refractivity contribution is 5.81. The summed E-state index contributed by atoms with van der Waals surface area (Å²) in [6.07, 6.45) is 5.85. The fourth-order valence-electron chi connectivity index (χ4n) is 2.08. The third-order valence-corrected chi connectivity index (χ3v) is 3.52. The van der Waals surface area contributed by atoms with Gasteiger partial charge in [-0.1, -0.05) is 53.9 Å². The van der Waals surface area contributed by atoms with E-state index in [1.165, 1.54) is 19.3 Å². The molecule has 126 valence electrons. The maximum atomic E-state index is 12.1. The maximum absolute atomic E-state index is 12.1. The molecule has 4 heteroatoms. The van der Waals surface area contributed by atoms with Crippen LogP contribution in [0.4, 0.5) is 0 Å². The van der Waals surface area contributed by atoms with Crippen LogP contribution in [0.2, 0.25) is 0 Å². The molecule has 2 N–H and O–H groups in total. The second-order valence-corrected chi connectivity index (χ2v) is 6.51. The average molecular weight is 300 g/mol. The summed E-state index contributed by atoms with van der Waals surface area (Å²) >= 11 is 0. The smallest absolute Gasteiger partial charge is 0.237 e. The van der Waals surface area contributed by atoms with Crippen LogP contribution in [0.5, 0.6) is 0 Å². The summed E-state index contributed by atoms with van der Waals surface area (Å²) in [4.78, 5) is 12.1. The Labute approximate surface area is 131 Å². The standard InChI is InChI=1S/C17H36N2O2/c1-6-7-8-9-12-21-13-19-16(15(4)5)17(20)18-11-10-14(2)3/h14-16,19H,6-13H2,1-5H3,(H,18,20). The van der Waals surface area contributed by atoms with E-state index in [9.17, 15) is 4.79 Å². The fourth-order valence-corrected chi connectivity index (χ4v) is 2.08. The van der Waals surface area contributed by atoms with Gasteiger partial charge in [-0.05, 0) is 24.7 Å². The van der Waals surface area contributed by atoms with Crippen molar-refractivity contribution < 1.29 is 9.53 Å². The first-order chi connectivity index (χ1) is 9.99. The van der Waals surface area contributed by atoms with E-state index in [4.69, 9.17) is 4.74 Å². The third kappa shape index (κ3) is 11.7. The van der Waals surface area contributed by atoms with Crippen molar-refractivity contribution >= 4 is 5.91 Å². The number of rotatable bonds is 13. The fraction of sp³-hybridized carbons (Fsp3) is 0.941.